The molecule has 2 unspecified atom stereocenters. The molecule has 37 heavy (non-hydrogen) atoms. The standard InChI is InChI=1S/C24H21F3N6O4/c1-12(13-3-15(24(25,26)27)5-16(4-13)33(35)36)30-22-19-7-20(32-10-17-6-18(11-32)37-17)23(34)31(2)21(19)14(8-28)9-29-22/h3-5,7,9,12,17-18H,6,10-11H2,1-2H3,(H,29,30)/t12-,17?,18?/m1/s1. The third-order valence-electron chi connectivity index (χ3n) is 6.78. The van der Waals surface area contributed by atoms with E-state index in [0.717, 1.165) is 18.6 Å². The molecule has 3 aromatic rings. The Morgan fingerprint density at radius 1 is 1.27 bits per heavy atom. The number of fused-ring (bicyclic) bond motifs is 3. The molecular formula is C24H21F3N6O4. The molecule has 0 amide bonds. The van der Waals surface area contributed by atoms with Gasteiger partial charge in [0.05, 0.1) is 39.8 Å². The van der Waals surface area contributed by atoms with Crippen molar-refractivity contribution in [1.82, 2.24) is 9.55 Å². The van der Waals surface area contributed by atoms with E-state index < -0.39 is 28.4 Å². The summed E-state index contributed by atoms with van der Waals surface area (Å²) in [7, 11) is 1.54. The molecule has 192 valence electrons. The Bertz CT molecular complexity index is 1510. The van der Waals surface area contributed by atoms with Gasteiger partial charge in [-0.05, 0) is 24.6 Å². The molecular weight excluding hydrogens is 493 g/mol. The van der Waals surface area contributed by atoms with Gasteiger partial charge in [-0.2, -0.15) is 18.4 Å². The molecule has 3 saturated heterocycles. The number of nitriles is 1. The number of rotatable bonds is 5. The first-order chi connectivity index (χ1) is 17.5. The van der Waals surface area contributed by atoms with Crippen LogP contribution in [0.15, 0.2) is 35.3 Å². The molecule has 0 radical (unpaired) electrons. The number of non-ortho nitro benzene ring substituents is 1. The number of halogens is 3. The maximum absolute atomic E-state index is 13.4. The Kier molecular flexibility index (Phi) is 5.79. The molecule has 3 fully saturated rings. The van der Waals surface area contributed by atoms with Crippen molar-refractivity contribution in [2.45, 2.75) is 37.8 Å². The molecule has 3 aliphatic rings. The van der Waals surface area contributed by atoms with Crippen molar-refractivity contribution in [2.75, 3.05) is 23.3 Å². The highest BCUT2D eigenvalue weighted by molar-refractivity contribution is 5.95. The SMILES string of the molecule is C[C@@H](Nc1ncc(C#N)c2c1cc(N1CC3CC(C1)O3)c(=O)n2C)c1cc([N+](=O)[O-])cc(C(F)(F)F)c1. The number of piperidine rings is 1. The average molecular weight is 514 g/mol. The zero-order valence-corrected chi connectivity index (χ0v) is 19.7. The first kappa shape index (κ1) is 24.5. The molecule has 1 N–H and O–H groups in total. The monoisotopic (exact) mass is 514 g/mol. The summed E-state index contributed by atoms with van der Waals surface area (Å²) in [6, 6.07) is 5.22. The van der Waals surface area contributed by atoms with E-state index in [9.17, 15) is 33.3 Å². The van der Waals surface area contributed by atoms with Crippen LogP contribution in [0, 0.1) is 21.4 Å². The Balaban J connectivity index is 1.59. The highest BCUT2D eigenvalue weighted by Crippen LogP contribution is 2.36. The molecule has 2 bridgehead atoms. The van der Waals surface area contributed by atoms with Crippen molar-refractivity contribution in [1.29, 1.82) is 5.26 Å². The van der Waals surface area contributed by atoms with Crippen LogP contribution < -0.4 is 15.8 Å². The second-order valence-electron chi connectivity index (χ2n) is 9.24. The predicted octanol–water partition coefficient (Wildman–Crippen LogP) is 3.88. The van der Waals surface area contributed by atoms with Gasteiger partial charge in [-0.15, -0.1) is 0 Å². The average Bonchev–Trinajstić information content (AvgIpc) is 2.85. The number of nitro benzene ring substituents is 1. The number of hydrogen-bond acceptors (Lipinski definition) is 8. The topological polar surface area (TPSA) is 126 Å². The number of pyridine rings is 2. The minimum atomic E-state index is -4.77. The van der Waals surface area contributed by atoms with Gasteiger partial charge in [0.15, 0.2) is 0 Å². The number of nitrogens with zero attached hydrogens (tertiary/aromatic N) is 5. The van der Waals surface area contributed by atoms with E-state index in [2.05, 4.69) is 10.3 Å². The fraction of sp³-hybridized carbons (Fsp3) is 0.375. The van der Waals surface area contributed by atoms with E-state index in [-0.39, 0.29) is 34.7 Å². The fourth-order valence-electron chi connectivity index (χ4n) is 4.90. The van der Waals surface area contributed by atoms with Gasteiger partial charge in [-0.1, -0.05) is 0 Å². The number of anilines is 2. The Labute approximate surface area is 208 Å². The Morgan fingerprint density at radius 2 is 1.95 bits per heavy atom. The summed E-state index contributed by atoms with van der Waals surface area (Å²) in [5.41, 5.74) is -1.24. The lowest BCUT2D eigenvalue weighted by Crippen LogP contribution is -2.58. The van der Waals surface area contributed by atoms with Crippen molar-refractivity contribution in [3.8, 4) is 6.07 Å². The third kappa shape index (κ3) is 4.33. The molecule has 0 aliphatic carbocycles. The number of ether oxygens (including phenoxy) is 1. The molecule has 6 rings (SSSR count). The van der Waals surface area contributed by atoms with Gasteiger partial charge in [0, 0.05) is 50.3 Å². The van der Waals surface area contributed by atoms with Crippen LogP contribution in [0.1, 0.15) is 36.1 Å². The van der Waals surface area contributed by atoms with Crippen molar-refractivity contribution < 1.29 is 22.8 Å². The van der Waals surface area contributed by atoms with Gasteiger partial charge < -0.3 is 19.5 Å². The minimum absolute atomic E-state index is 0.0270. The Morgan fingerprint density at radius 3 is 2.54 bits per heavy atom. The van der Waals surface area contributed by atoms with Crippen molar-refractivity contribution in [3.05, 3.63) is 67.6 Å². The summed E-state index contributed by atoms with van der Waals surface area (Å²) in [5, 5.41) is 24.3. The number of aryl methyl sites for hydroxylation is 1. The molecule has 0 spiro atoms. The van der Waals surface area contributed by atoms with E-state index in [1.807, 2.05) is 11.0 Å². The minimum Gasteiger partial charge on any atom is -0.371 e. The molecule has 5 heterocycles. The fourth-order valence-corrected chi connectivity index (χ4v) is 4.90. The first-order valence-electron chi connectivity index (χ1n) is 11.4. The van der Waals surface area contributed by atoms with Crippen LogP contribution in [0.2, 0.25) is 0 Å². The molecule has 13 heteroatoms. The van der Waals surface area contributed by atoms with E-state index in [1.54, 1.807) is 20.0 Å². The van der Waals surface area contributed by atoms with Crippen molar-refractivity contribution >= 4 is 28.1 Å². The number of alkyl halides is 3. The number of nitro groups is 1. The van der Waals surface area contributed by atoms with Gasteiger partial charge >= 0.3 is 6.18 Å². The molecule has 3 atom stereocenters. The summed E-state index contributed by atoms with van der Waals surface area (Å²) in [6.45, 7) is 2.62. The molecule has 0 saturated carbocycles. The maximum Gasteiger partial charge on any atom is 0.416 e. The third-order valence-corrected chi connectivity index (χ3v) is 6.78. The second-order valence-corrected chi connectivity index (χ2v) is 9.24. The normalized spacial score (nSPS) is 19.7. The van der Waals surface area contributed by atoms with Crippen LogP contribution in [-0.4, -0.2) is 39.8 Å². The summed E-state index contributed by atoms with van der Waals surface area (Å²) >= 11 is 0. The summed E-state index contributed by atoms with van der Waals surface area (Å²) in [4.78, 5) is 29.8. The van der Waals surface area contributed by atoms with Crippen LogP contribution in [-0.2, 0) is 18.0 Å². The molecule has 2 aromatic heterocycles. The van der Waals surface area contributed by atoms with Crippen LogP contribution in [0.4, 0.5) is 30.4 Å². The van der Waals surface area contributed by atoms with Crippen LogP contribution >= 0.6 is 0 Å². The van der Waals surface area contributed by atoms with Crippen LogP contribution in [0.25, 0.3) is 10.9 Å². The van der Waals surface area contributed by atoms with Crippen LogP contribution in [0.5, 0.6) is 0 Å². The Hall–Kier alpha value is -4.18. The van der Waals surface area contributed by atoms with Gasteiger partial charge in [0.2, 0.25) is 0 Å². The number of hydrogen-bond donors (Lipinski definition) is 1. The van der Waals surface area contributed by atoms with E-state index in [4.69, 9.17) is 4.74 Å². The quantitative estimate of drug-likeness (QED) is 0.402. The number of nitrogens with one attached hydrogen (secondary N) is 1. The van der Waals surface area contributed by atoms with E-state index in [1.165, 1.54) is 10.8 Å². The van der Waals surface area contributed by atoms with Gasteiger partial charge in [0.1, 0.15) is 17.6 Å². The number of aromatic nitrogens is 2. The maximum atomic E-state index is 13.4. The van der Waals surface area contributed by atoms with E-state index >= 15 is 0 Å². The zero-order chi connectivity index (χ0) is 26.6. The van der Waals surface area contributed by atoms with Crippen LogP contribution in [0.3, 0.4) is 0 Å². The first-order valence-corrected chi connectivity index (χ1v) is 11.4. The predicted molar refractivity (Wildman–Crippen MR) is 127 cm³/mol. The van der Waals surface area contributed by atoms with Gasteiger partial charge in [-0.3, -0.25) is 14.9 Å². The largest absolute Gasteiger partial charge is 0.416 e. The lowest BCUT2D eigenvalue weighted by molar-refractivity contribution is -0.385. The smallest absolute Gasteiger partial charge is 0.371 e. The van der Waals surface area contributed by atoms with Crippen molar-refractivity contribution in [2.24, 2.45) is 7.05 Å². The molecule has 1 aromatic carbocycles. The van der Waals surface area contributed by atoms with Crippen molar-refractivity contribution in [3.63, 3.8) is 0 Å². The summed E-state index contributed by atoms with van der Waals surface area (Å²) < 4.78 is 47.2. The van der Waals surface area contributed by atoms with Gasteiger partial charge in [0.25, 0.3) is 11.2 Å². The molecule has 3 aliphatic heterocycles. The highest BCUT2D eigenvalue weighted by atomic mass is 19.4. The van der Waals surface area contributed by atoms with E-state index in [0.29, 0.717) is 35.7 Å². The second kappa shape index (κ2) is 8.74. The molecule has 10 nitrogen and oxygen atoms in total. The van der Waals surface area contributed by atoms with Gasteiger partial charge in [-0.25, -0.2) is 4.98 Å². The number of benzene rings is 1. The lowest BCUT2D eigenvalue weighted by Gasteiger charge is -2.47. The summed E-state index contributed by atoms with van der Waals surface area (Å²) in [6.07, 6.45) is -2.49. The summed E-state index contributed by atoms with van der Waals surface area (Å²) in [5.74, 6) is 0.219. The lowest BCUT2D eigenvalue weighted by atomic mass is 9.98. The zero-order valence-electron chi connectivity index (χ0n) is 19.7. The highest BCUT2D eigenvalue weighted by Gasteiger charge is 2.39. The number of morpholine rings is 1.